The summed E-state index contributed by atoms with van der Waals surface area (Å²) in [6.45, 7) is 3.77. The van der Waals surface area contributed by atoms with Gasteiger partial charge in [0.2, 0.25) is 5.91 Å². The molecule has 1 aromatic rings. The van der Waals surface area contributed by atoms with Crippen LogP contribution in [-0.4, -0.2) is 34.7 Å². The number of carbonyl (C=O) groups is 1. The van der Waals surface area contributed by atoms with Crippen LogP contribution in [0, 0.1) is 6.92 Å². The van der Waals surface area contributed by atoms with Crippen molar-refractivity contribution in [2.45, 2.75) is 19.9 Å². The number of aromatic nitrogens is 2. The molecule has 0 radical (unpaired) electrons. The van der Waals surface area contributed by atoms with E-state index in [0.29, 0.717) is 0 Å². The molecule has 5 heteroatoms. The van der Waals surface area contributed by atoms with Crippen molar-refractivity contribution in [1.29, 1.82) is 0 Å². The molecular weight excluding hydrogens is 246 g/mol. The monoisotopic (exact) mass is 259 g/mol. The van der Waals surface area contributed by atoms with Crippen LogP contribution >= 0.6 is 15.9 Å². The summed E-state index contributed by atoms with van der Waals surface area (Å²) in [5.41, 5.74) is 0.965. The van der Waals surface area contributed by atoms with E-state index in [0.717, 1.165) is 10.2 Å². The molecule has 0 bridgehead atoms. The zero-order valence-corrected chi connectivity index (χ0v) is 10.4. The Hall–Kier alpha value is -0.840. The van der Waals surface area contributed by atoms with E-state index in [9.17, 15) is 4.79 Å². The molecule has 0 saturated heterocycles. The molecule has 1 aromatic heterocycles. The van der Waals surface area contributed by atoms with Gasteiger partial charge in [0.05, 0.1) is 16.4 Å². The van der Waals surface area contributed by atoms with E-state index in [4.69, 9.17) is 0 Å². The number of hydrogen-bond donors (Lipinski definition) is 0. The van der Waals surface area contributed by atoms with Gasteiger partial charge in [-0.2, -0.15) is 5.10 Å². The molecule has 0 N–H and O–H groups in total. The van der Waals surface area contributed by atoms with E-state index < -0.39 is 0 Å². The molecule has 1 atom stereocenters. The van der Waals surface area contributed by atoms with Crippen LogP contribution in [-0.2, 0) is 4.79 Å². The summed E-state index contributed by atoms with van der Waals surface area (Å²) in [6.07, 6.45) is 1.70. The van der Waals surface area contributed by atoms with Crippen molar-refractivity contribution in [1.82, 2.24) is 14.7 Å². The third-order valence-electron chi connectivity index (χ3n) is 2.15. The lowest BCUT2D eigenvalue weighted by atomic mass is 10.3. The van der Waals surface area contributed by atoms with E-state index in [2.05, 4.69) is 21.0 Å². The van der Waals surface area contributed by atoms with Crippen LogP contribution in [0.15, 0.2) is 10.7 Å². The Balaban J connectivity index is 2.95. The molecule has 0 spiro atoms. The highest BCUT2D eigenvalue weighted by atomic mass is 79.9. The maximum atomic E-state index is 11.7. The van der Waals surface area contributed by atoms with Gasteiger partial charge in [-0.15, -0.1) is 0 Å². The molecule has 0 aliphatic carbocycles. The zero-order valence-electron chi connectivity index (χ0n) is 8.78. The molecule has 1 heterocycles. The Kier molecular flexibility index (Phi) is 3.31. The summed E-state index contributed by atoms with van der Waals surface area (Å²) in [7, 11) is 3.49. The molecule has 0 aliphatic rings. The van der Waals surface area contributed by atoms with Crippen molar-refractivity contribution in [2.75, 3.05) is 14.1 Å². The van der Waals surface area contributed by atoms with Gasteiger partial charge in [-0.25, -0.2) is 0 Å². The second-order valence-electron chi connectivity index (χ2n) is 3.43. The molecule has 78 valence electrons. The number of hydrogen-bond acceptors (Lipinski definition) is 2. The van der Waals surface area contributed by atoms with Crippen LogP contribution in [0.2, 0.25) is 0 Å². The molecule has 1 amide bonds. The van der Waals surface area contributed by atoms with Crippen molar-refractivity contribution < 1.29 is 4.79 Å². The number of carbonyl (C=O) groups excluding carboxylic acids is 1. The van der Waals surface area contributed by atoms with Crippen molar-refractivity contribution in [3.63, 3.8) is 0 Å². The number of nitrogens with zero attached hydrogens (tertiary/aromatic N) is 3. The summed E-state index contributed by atoms with van der Waals surface area (Å²) >= 11 is 3.36. The summed E-state index contributed by atoms with van der Waals surface area (Å²) < 4.78 is 2.64. The van der Waals surface area contributed by atoms with Crippen molar-refractivity contribution in [3.05, 3.63) is 16.4 Å². The molecule has 0 aromatic carbocycles. The molecule has 4 nitrogen and oxygen atoms in total. The van der Waals surface area contributed by atoms with E-state index >= 15 is 0 Å². The van der Waals surface area contributed by atoms with E-state index in [1.165, 1.54) is 0 Å². The van der Waals surface area contributed by atoms with Crippen molar-refractivity contribution in [3.8, 4) is 0 Å². The number of rotatable bonds is 2. The quantitative estimate of drug-likeness (QED) is 0.810. The third kappa shape index (κ3) is 1.97. The average Bonchev–Trinajstić information content (AvgIpc) is 2.45. The number of halogens is 1. The van der Waals surface area contributed by atoms with Gasteiger partial charge in [0.1, 0.15) is 6.04 Å². The zero-order chi connectivity index (χ0) is 10.9. The fourth-order valence-electron chi connectivity index (χ4n) is 1.27. The van der Waals surface area contributed by atoms with E-state index in [-0.39, 0.29) is 11.9 Å². The minimum absolute atomic E-state index is 0.0451. The normalized spacial score (nSPS) is 12.6. The van der Waals surface area contributed by atoms with Gasteiger partial charge in [0.25, 0.3) is 0 Å². The molecule has 14 heavy (non-hydrogen) atoms. The number of likely N-dealkylation sites (N-methyl/N-ethyl adjacent to an activating group) is 1. The Morgan fingerprint density at radius 3 is 2.57 bits per heavy atom. The highest BCUT2D eigenvalue weighted by molar-refractivity contribution is 9.10. The molecule has 1 unspecified atom stereocenters. The van der Waals surface area contributed by atoms with Gasteiger partial charge >= 0.3 is 0 Å². The molecular formula is C9H14BrN3O. The highest BCUT2D eigenvalue weighted by Crippen LogP contribution is 2.18. The first-order chi connectivity index (χ1) is 6.45. The predicted octanol–water partition coefficient (Wildman–Crippen LogP) is 1.60. The van der Waals surface area contributed by atoms with E-state index in [1.807, 2.05) is 13.8 Å². The van der Waals surface area contributed by atoms with Gasteiger partial charge in [-0.05, 0) is 29.8 Å². The molecule has 0 aliphatic heterocycles. The number of amides is 1. The molecule has 0 fully saturated rings. The lowest BCUT2D eigenvalue weighted by molar-refractivity contribution is -0.132. The maximum absolute atomic E-state index is 11.7. The maximum Gasteiger partial charge on any atom is 0.246 e. The Morgan fingerprint density at radius 2 is 2.21 bits per heavy atom. The summed E-state index contributed by atoms with van der Waals surface area (Å²) in [5, 5.41) is 4.14. The van der Waals surface area contributed by atoms with Crippen molar-refractivity contribution in [2.24, 2.45) is 0 Å². The highest BCUT2D eigenvalue weighted by Gasteiger charge is 2.19. The van der Waals surface area contributed by atoms with E-state index in [1.54, 1.807) is 29.9 Å². The topological polar surface area (TPSA) is 38.1 Å². The minimum atomic E-state index is -0.253. The average molecular weight is 260 g/mol. The van der Waals surface area contributed by atoms with Gasteiger partial charge in [-0.3, -0.25) is 9.48 Å². The standard InChI is InChI=1S/C9H14BrN3O/c1-6-8(10)5-11-13(6)7(2)9(14)12(3)4/h5,7H,1-4H3. The van der Waals surface area contributed by atoms with Gasteiger partial charge in [0, 0.05) is 14.1 Å². The smallest absolute Gasteiger partial charge is 0.246 e. The Labute approximate surface area is 92.0 Å². The third-order valence-corrected chi connectivity index (χ3v) is 2.93. The fraction of sp³-hybridized carbons (Fsp3) is 0.556. The van der Waals surface area contributed by atoms with Crippen LogP contribution in [0.3, 0.4) is 0 Å². The first-order valence-electron chi connectivity index (χ1n) is 4.36. The van der Waals surface area contributed by atoms with Gasteiger partial charge in [-0.1, -0.05) is 0 Å². The lowest BCUT2D eigenvalue weighted by Crippen LogP contribution is -2.30. The molecule has 1 rings (SSSR count). The largest absolute Gasteiger partial charge is 0.347 e. The first kappa shape index (κ1) is 11.2. The van der Waals surface area contributed by atoms with Crippen molar-refractivity contribution >= 4 is 21.8 Å². The van der Waals surface area contributed by atoms with Crippen LogP contribution in [0.25, 0.3) is 0 Å². The predicted molar refractivity (Wildman–Crippen MR) is 58.1 cm³/mol. The summed E-state index contributed by atoms with van der Waals surface area (Å²) in [5.74, 6) is 0.0451. The fourth-order valence-corrected chi connectivity index (χ4v) is 1.54. The van der Waals surface area contributed by atoms with Crippen LogP contribution in [0.4, 0.5) is 0 Å². The van der Waals surface area contributed by atoms with Crippen LogP contribution in [0.1, 0.15) is 18.7 Å². The van der Waals surface area contributed by atoms with Crippen LogP contribution < -0.4 is 0 Å². The minimum Gasteiger partial charge on any atom is -0.347 e. The van der Waals surface area contributed by atoms with Crippen LogP contribution in [0.5, 0.6) is 0 Å². The summed E-state index contributed by atoms with van der Waals surface area (Å²) in [4.78, 5) is 13.2. The SMILES string of the molecule is Cc1c(Br)cnn1C(C)C(=O)N(C)C. The second kappa shape index (κ2) is 4.13. The van der Waals surface area contributed by atoms with Gasteiger partial charge < -0.3 is 4.90 Å². The second-order valence-corrected chi connectivity index (χ2v) is 4.29. The Bertz CT molecular complexity index is 346. The first-order valence-corrected chi connectivity index (χ1v) is 5.15. The lowest BCUT2D eigenvalue weighted by Gasteiger charge is -2.18. The Morgan fingerprint density at radius 1 is 1.64 bits per heavy atom. The van der Waals surface area contributed by atoms with Gasteiger partial charge in [0.15, 0.2) is 0 Å². The summed E-state index contributed by atoms with van der Waals surface area (Å²) in [6, 6.07) is -0.253. The molecule has 0 saturated carbocycles.